The van der Waals surface area contributed by atoms with Crippen molar-refractivity contribution in [1.29, 1.82) is 0 Å². The fourth-order valence-electron chi connectivity index (χ4n) is 5.52. The lowest BCUT2D eigenvalue weighted by atomic mass is 10.0. The number of carbonyl (C=O) groups excluding carboxylic acids is 4. The number of halogens is 1. The molecule has 3 heterocycles. The van der Waals surface area contributed by atoms with E-state index < -0.39 is 29.7 Å². The highest BCUT2D eigenvalue weighted by Gasteiger charge is 2.46. The van der Waals surface area contributed by atoms with Gasteiger partial charge in [0.2, 0.25) is 11.8 Å². The second-order valence-corrected chi connectivity index (χ2v) is 10.0. The summed E-state index contributed by atoms with van der Waals surface area (Å²) in [6, 6.07) is 10.0. The van der Waals surface area contributed by atoms with Crippen molar-refractivity contribution in [2.75, 3.05) is 11.9 Å². The van der Waals surface area contributed by atoms with E-state index in [1.54, 1.807) is 18.2 Å². The third-order valence-corrected chi connectivity index (χ3v) is 7.52. The number of imide groups is 2. The molecular weight excluding hydrogens is 496 g/mol. The Bertz CT molecular complexity index is 1480. The Balaban J connectivity index is 1.23. The normalized spacial score (nSPS) is 20.8. The molecule has 3 aromatic rings. The maximum absolute atomic E-state index is 13.4. The lowest BCUT2D eigenvalue weighted by Gasteiger charge is -2.28. The van der Waals surface area contributed by atoms with E-state index in [4.69, 9.17) is 11.6 Å². The topological polar surface area (TPSA) is 118 Å². The van der Waals surface area contributed by atoms with Gasteiger partial charge in [0.1, 0.15) is 11.7 Å². The van der Waals surface area contributed by atoms with Crippen molar-refractivity contribution >= 4 is 40.9 Å². The van der Waals surface area contributed by atoms with Gasteiger partial charge >= 0.3 is 0 Å². The molecule has 2 aromatic carbocycles. The number of hydrogen-bond donors (Lipinski definition) is 1. The number of anilines is 1. The smallest absolute Gasteiger partial charge is 0.264 e. The minimum atomic E-state index is -1.01. The molecule has 1 fully saturated rings. The van der Waals surface area contributed by atoms with Crippen molar-refractivity contribution in [2.24, 2.45) is 0 Å². The molecule has 1 aromatic heterocycles. The van der Waals surface area contributed by atoms with Gasteiger partial charge in [0.05, 0.1) is 35.6 Å². The van der Waals surface area contributed by atoms with E-state index >= 15 is 0 Å². The van der Waals surface area contributed by atoms with Crippen LogP contribution in [0.5, 0.6) is 0 Å². The summed E-state index contributed by atoms with van der Waals surface area (Å²) in [7, 11) is 1.81. The summed E-state index contributed by atoms with van der Waals surface area (Å²) >= 11 is 6.14. The van der Waals surface area contributed by atoms with Gasteiger partial charge in [-0.3, -0.25) is 29.4 Å². The first-order valence-electron chi connectivity index (χ1n) is 12.1. The van der Waals surface area contributed by atoms with Crippen molar-refractivity contribution in [3.63, 3.8) is 0 Å². The predicted molar refractivity (Wildman–Crippen MR) is 133 cm³/mol. The maximum atomic E-state index is 13.4. The quantitative estimate of drug-likeness (QED) is 0.516. The van der Waals surface area contributed by atoms with Crippen LogP contribution < -0.4 is 10.2 Å². The van der Waals surface area contributed by atoms with Gasteiger partial charge in [-0.25, -0.2) is 4.68 Å². The number of benzene rings is 2. The molecule has 1 N–H and O–H groups in total. The molecule has 2 atom stereocenters. The summed E-state index contributed by atoms with van der Waals surface area (Å²) in [6.45, 7) is 0.358. The van der Waals surface area contributed by atoms with Gasteiger partial charge in [0, 0.05) is 18.5 Å². The zero-order valence-electron chi connectivity index (χ0n) is 20.0. The molecule has 188 valence electrons. The first-order valence-corrected chi connectivity index (χ1v) is 12.4. The first kappa shape index (κ1) is 23.4. The van der Waals surface area contributed by atoms with Crippen LogP contribution in [0.25, 0.3) is 0 Å². The van der Waals surface area contributed by atoms with E-state index in [9.17, 15) is 19.2 Å². The molecule has 6 rings (SSSR count). The number of rotatable bonds is 5. The van der Waals surface area contributed by atoms with Crippen LogP contribution in [0.3, 0.4) is 0 Å². The first-order chi connectivity index (χ1) is 17.8. The van der Waals surface area contributed by atoms with Crippen molar-refractivity contribution in [3.8, 4) is 0 Å². The number of aryl methyl sites for hydroxylation is 1. The predicted octanol–water partition coefficient (Wildman–Crippen LogP) is 2.50. The maximum Gasteiger partial charge on any atom is 0.264 e. The zero-order valence-corrected chi connectivity index (χ0v) is 20.7. The SMILES string of the molecule is CN(Cc1cn(C2CCc3cc(Cl)ccc32)nn1)c1cccc2c1C(=O)N(C1CCC(=O)NC1=O)C2=O. The molecule has 4 amide bonds. The Morgan fingerprint density at radius 1 is 1.05 bits per heavy atom. The summed E-state index contributed by atoms with van der Waals surface area (Å²) in [4.78, 5) is 53.3. The van der Waals surface area contributed by atoms with Crippen LogP contribution in [0, 0.1) is 0 Å². The standard InChI is InChI=1S/C26H23ClN6O4/c1-31(12-16-13-32(30-29-16)19-8-5-14-11-15(27)6-7-17(14)19)20-4-2-3-18-23(20)26(37)33(25(18)36)21-9-10-22(34)28-24(21)35/h2-4,6-7,11,13,19,21H,5,8-10,12H2,1H3,(H,28,34,35). The average molecular weight is 519 g/mol. The number of nitrogens with one attached hydrogen (secondary N) is 1. The molecule has 0 bridgehead atoms. The zero-order chi connectivity index (χ0) is 25.8. The molecular formula is C26H23ClN6O4. The van der Waals surface area contributed by atoms with Gasteiger partial charge < -0.3 is 4.90 Å². The molecule has 0 spiro atoms. The number of aromatic nitrogens is 3. The molecule has 0 saturated carbocycles. The Morgan fingerprint density at radius 2 is 1.86 bits per heavy atom. The molecule has 10 nitrogen and oxygen atoms in total. The number of fused-ring (bicyclic) bond motifs is 2. The molecule has 2 aliphatic heterocycles. The fraction of sp³-hybridized carbons (Fsp3) is 0.308. The van der Waals surface area contributed by atoms with E-state index in [0.717, 1.165) is 22.8 Å². The van der Waals surface area contributed by atoms with Crippen LogP contribution in [0.1, 0.15) is 62.8 Å². The Hall–Kier alpha value is -4.05. The third-order valence-electron chi connectivity index (χ3n) is 7.28. The minimum absolute atomic E-state index is 0.0741. The molecule has 37 heavy (non-hydrogen) atoms. The summed E-state index contributed by atoms with van der Waals surface area (Å²) < 4.78 is 1.86. The second-order valence-electron chi connectivity index (χ2n) is 9.59. The van der Waals surface area contributed by atoms with E-state index in [0.29, 0.717) is 17.9 Å². The Kier molecular flexibility index (Phi) is 5.56. The summed E-state index contributed by atoms with van der Waals surface area (Å²) in [5.74, 6) is -2.11. The van der Waals surface area contributed by atoms with Crippen molar-refractivity contribution in [2.45, 2.75) is 44.3 Å². The summed E-state index contributed by atoms with van der Waals surface area (Å²) in [6.07, 6.45) is 3.92. The lowest BCUT2D eigenvalue weighted by Crippen LogP contribution is -2.54. The van der Waals surface area contributed by atoms with E-state index in [2.05, 4.69) is 15.6 Å². The number of amides is 4. The third kappa shape index (κ3) is 3.88. The molecule has 1 aliphatic carbocycles. The lowest BCUT2D eigenvalue weighted by molar-refractivity contribution is -0.136. The van der Waals surface area contributed by atoms with Crippen LogP contribution in [0.2, 0.25) is 5.02 Å². The molecule has 0 radical (unpaired) electrons. The highest BCUT2D eigenvalue weighted by atomic mass is 35.5. The molecule has 3 aliphatic rings. The monoisotopic (exact) mass is 518 g/mol. The average Bonchev–Trinajstić information content (AvgIpc) is 3.56. The largest absolute Gasteiger partial charge is 0.368 e. The van der Waals surface area contributed by atoms with Crippen LogP contribution in [-0.4, -0.2) is 56.6 Å². The number of carbonyl (C=O) groups is 4. The summed E-state index contributed by atoms with van der Waals surface area (Å²) in [5, 5.41) is 11.6. The van der Waals surface area contributed by atoms with Crippen molar-refractivity contribution in [1.82, 2.24) is 25.2 Å². The number of nitrogens with zero attached hydrogens (tertiary/aromatic N) is 5. The van der Waals surface area contributed by atoms with Crippen molar-refractivity contribution < 1.29 is 19.2 Å². The number of piperidine rings is 1. The van der Waals surface area contributed by atoms with Gasteiger partial charge in [0.15, 0.2) is 0 Å². The van der Waals surface area contributed by atoms with Crippen LogP contribution in [0.15, 0.2) is 42.6 Å². The van der Waals surface area contributed by atoms with Gasteiger partial charge in [-0.2, -0.15) is 0 Å². The van der Waals surface area contributed by atoms with E-state index in [-0.39, 0.29) is 30.0 Å². The van der Waals surface area contributed by atoms with Gasteiger partial charge in [-0.05, 0) is 54.7 Å². The van der Waals surface area contributed by atoms with Crippen LogP contribution >= 0.6 is 11.6 Å². The van der Waals surface area contributed by atoms with Crippen LogP contribution in [0.4, 0.5) is 5.69 Å². The summed E-state index contributed by atoms with van der Waals surface area (Å²) in [5.41, 5.74) is 4.16. The molecule has 11 heteroatoms. The van der Waals surface area contributed by atoms with Gasteiger partial charge in [0.25, 0.3) is 11.8 Å². The highest BCUT2D eigenvalue weighted by Crippen LogP contribution is 2.36. The number of hydrogen-bond acceptors (Lipinski definition) is 7. The fourth-order valence-corrected chi connectivity index (χ4v) is 5.71. The van der Waals surface area contributed by atoms with Crippen molar-refractivity contribution in [3.05, 3.63) is 75.6 Å². The Morgan fingerprint density at radius 3 is 2.68 bits per heavy atom. The minimum Gasteiger partial charge on any atom is -0.368 e. The Labute approximate surface area is 217 Å². The highest BCUT2D eigenvalue weighted by molar-refractivity contribution is 6.30. The second kappa shape index (κ2) is 8.81. The van der Waals surface area contributed by atoms with Gasteiger partial charge in [-0.15, -0.1) is 5.10 Å². The molecule has 1 saturated heterocycles. The van der Waals surface area contributed by atoms with E-state index in [1.165, 1.54) is 11.1 Å². The molecule has 2 unspecified atom stereocenters. The van der Waals surface area contributed by atoms with E-state index in [1.807, 2.05) is 41.0 Å². The van der Waals surface area contributed by atoms with Crippen LogP contribution in [-0.2, 0) is 22.6 Å². The van der Waals surface area contributed by atoms with Gasteiger partial charge in [-0.1, -0.05) is 28.9 Å².